The Morgan fingerprint density at radius 1 is 1.25 bits per heavy atom. The molecule has 1 amide bonds. The van der Waals surface area contributed by atoms with Gasteiger partial charge < -0.3 is 19.5 Å². The molecule has 0 aliphatic rings. The molecule has 0 radical (unpaired) electrons. The van der Waals surface area contributed by atoms with Gasteiger partial charge in [-0.05, 0) is 13.8 Å². The standard InChI is InChI=1S/C12H17NO7/c1-4-19-11(17)7-13(3)12(18)8(2)20-10(16)6-5-9(14)15/h5-6,8H,4,7H2,1-3H3,(H,14,15)/b6-5+. The van der Waals surface area contributed by atoms with E-state index in [0.29, 0.717) is 12.2 Å². The molecule has 8 nitrogen and oxygen atoms in total. The Balaban J connectivity index is 4.36. The Kier molecular flexibility index (Phi) is 7.64. The van der Waals surface area contributed by atoms with E-state index in [4.69, 9.17) is 9.84 Å². The quantitative estimate of drug-likeness (QED) is 0.500. The van der Waals surface area contributed by atoms with Crippen molar-refractivity contribution < 1.29 is 33.8 Å². The number of amides is 1. The number of carboxylic acids is 1. The van der Waals surface area contributed by atoms with Crippen molar-refractivity contribution in [2.75, 3.05) is 20.2 Å². The lowest BCUT2D eigenvalue weighted by molar-refractivity contribution is -0.157. The highest BCUT2D eigenvalue weighted by Crippen LogP contribution is 1.99. The second-order valence-electron chi connectivity index (χ2n) is 3.75. The van der Waals surface area contributed by atoms with Crippen LogP contribution in [0.5, 0.6) is 0 Å². The second-order valence-corrected chi connectivity index (χ2v) is 3.75. The lowest BCUT2D eigenvalue weighted by atomic mass is 10.3. The first-order valence-corrected chi connectivity index (χ1v) is 5.80. The summed E-state index contributed by atoms with van der Waals surface area (Å²) in [6, 6.07) is 0. The molecule has 0 aromatic carbocycles. The highest BCUT2D eigenvalue weighted by Gasteiger charge is 2.22. The van der Waals surface area contributed by atoms with Crippen molar-refractivity contribution in [2.45, 2.75) is 20.0 Å². The molecule has 0 spiro atoms. The van der Waals surface area contributed by atoms with Gasteiger partial charge in [-0.15, -0.1) is 0 Å². The Labute approximate surface area is 115 Å². The van der Waals surface area contributed by atoms with Crippen molar-refractivity contribution in [1.29, 1.82) is 0 Å². The second kappa shape index (κ2) is 8.68. The summed E-state index contributed by atoms with van der Waals surface area (Å²) in [7, 11) is 1.36. The van der Waals surface area contributed by atoms with E-state index in [1.807, 2.05) is 0 Å². The van der Waals surface area contributed by atoms with Crippen LogP contribution in [-0.4, -0.2) is 60.1 Å². The highest BCUT2D eigenvalue weighted by molar-refractivity contribution is 5.92. The number of ether oxygens (including phenoxy) is 2. The molecule has 0 saturated heterocycles. The predicted molar refractivity (Wildman–Crippen MR) is 66.6 cm³/mol. The lowest BCUT2D eigenvalue weighted by Gasteiger charge is -2.20. The number of carbonyl (C=O) groups is 4. The molecule has 1 atom stereocenters. The fourth-order valence-corrected chi connectivity index (χ4v) is 1.19. The number of carbonyl (C=O) groups excluding carboxylic acids is 3. The summed E-state index contributed by atoms with van der Waals surface area (Å²) in [5.41, 5.74) is 0. The van der Waals surface area contributed by atoms with Gasteiger partial charge in [-0.2, -0.15) is 0 Å². The van der Waals surface area contributed by atoms with E-state index in [2.05, 4.69) is 4.74 Å². The van der Waals surface area contributed by atoms with Crippen LogP contribution in [0.2, 0.25) is 0 Å². The summed E-state index contributed by atoms with van der Waals surface area (Å²) in [5.74, 6) is -3.44. The summed E-state index contributed by atoms with van der Waals surface area (Å²) >= 11 is 0. The number of rotatable bonds is 7. The van der Waals surface area contributed by atoms with Crippen molar-refractivity contribution in [3.8, 4) is 0 Å². The zero-order valence-corrected chi connectivity index (χ0v) is 11.5. The van der Waals surface area contributed by atoms with Crippen LogP contribution in [-0.2, 0) is 28.7 Å². The third-order valence-corrected chi connectivity index (χ3v) is 2.05. The predicted octanol–water partition coefficient (Wildman–Crippen LogP) is -0.420. The molecule has 0 aromatic rings. The zero-order valence-electron chi connectivity index (χ0n) is 11.5. The SMILES string of the molecule is CCOC(=O)CN(C)C(=O)C(C)OC(=O)/C=C/C(=O)O. The molecule has 1 unspecified atom stereocenters. The van der Waals surface area contributed by atoms with Crippen molar-refractivity contribution >= 4 is 23.8 Å². The smallest absolute Gasteiger partial charge is 0.331 e. The van der Waals surface area contributed by atoms with E-state index in [1.165, 1.54) is 14.0 Å². The summed E-state index contributed by atoms with van der Waals surface area (Å²) in [6.07, 6.45) is 0.152. The van der Waals surface area contributed by atoms with Crippen LogP contribution in [0.25, 0.3) is 0 Å². The Hall–Kier alpha value is -2.38. The highest BCUT2D eigenvalue weighted by atomic mass is 16.5. The molecular formula is C12H17NO7. The molecule has 20 heavy (non-hydrogen) atoms. The minimum absolute atomic E-state index is 0.200. The zero-order chi connectivity index (χ0) is 15.7. The van der Waals surface area contributed by atoms with Crippen LogP contribution in [0.15, 0.2) is 12.2 Å². The molecule has 1 N–H and O–H groups in total. The Morgan fingerprint density at radius 2 is 1.85 bits per heavy atom. The lowest BCUT2D eigenvalue weighted by Crippen LogP contribution is -2.40. The number of nitrogens with zero attached hydrogens (tertiary/aromatic N) is 1. The van der Waals surface area contributed by atoms with E-state index in [9.17, 15) is 19.2 Å². The molecule has 0 rings (SSSR count). The molecule has 0 fully saturated rings. The number of hydrogen-bond donors (Lipinski definition) is 1. The molecule has 112 valence electrons. The first-order chi connectivity index (χ1) is 9.27. The first kappa shape index (κ1) is 17.6. The minimum atomic E-state index is -1.31. The number of likely N-dealkylation sites (N-methyl/N-ethyl adjacent to an activating group) is 1. The van der Waals surface area contributed by atoms with Crippen molar-refractivity contribution in [1.82, 2.24) is 4.90 Å². The van der Waals surface area contributed by atoms with Gasteiger partial charge in [-0.3, -0.25) is 9.59 Å². The summed E-state index contributed by atoms with van der Waals surface area (Å²) in [6.45, 7) is 2.89. The van der Waals surface area contributed by atoms with Crippen LogP contribution >= 0.6 is 0 Å². The molecule has 0 aromatic heterocycles. The van der Waals surface area contributed by atoms with Crippen LogP contribution in [0.4, 0.5) is 0 Å². The fourth-order valence-electron chi connectivity index (χ4n) is 1.19. The van der Waals surface area contributed by atoms with Gasteiger partial charge in [0.2, 0.25) is 0 Å². The van der Waals surface area contributed by atoms with Gasteiger partial charge in [-0.25, -0.2) is 9.59 Å². The molecule has 8 heteroatoms. The van der Waals surface area contributed by atoms with E-state index in [1.54, 1.807) is 6.92 Å². The summed E-state index contributed by atoms with van der Waals surface area (Å²) in [5, 5.41) is 8.32. The summed E-state index contributed by atoms with van der Waals surface area (Å²) in [4.78, 5) is 45.4. The third-order valence-electron chi connectivity index (χ3n) is 2.05. The Morgan fingerprint density at radius 3 is 2.35 bits per heavy atom. The molecule has 0 bridgehead atoms. The fraction of sp³-hybridized carbons (Fsp3) is 0.500. The maximum atomic E-state index is 11.8. The number of esters is 2. The van der Waals surface area contributed by atoms with Gasteiger partial charge in [-0.1, -0.05) is 0 Å². The minimum Gasteiger partial charge on any atom is -0.478 e. The van der Waals surface area contributed by atoms with Gasteiger partial charge in [0.1, 0.15) is 6.54 Å². The van der Waals surface area contributed by atoms with Crippen molar-refractivity contribution in [3.05, 3.63) is 12.2 Å². The molecule has 0 aliphatic carbocycles. The van der Waals surface area contributed by atoms with Crippen molar-refractivity contribution in [3.63, 3.8) is 0 Å². The molecular weight excluding hydrogens is 270 g/mol. The van der Waals surface area contributed by atoms with Crippen LogP contribution in [0.1, 0.15) is 13.8 Å². The first-order valence-electron chi connectivity index (χ1n) is 5.80. The van der Waals surface area contributed by atoms with Gasteiger partial charge in [0, 0.05) is 19.2 Å². The molecule has 0 saturated carbocycles. The van der Waals surface area contributed by atoms with E-state index in [0.717, 1.165) is 4.90 Å². The van der Waals surface area contributed by atoms with E-state index < -0.39 is 29.9 Å². The third kappa shape index (κ3) is 7.14. The van der Waals surface area contributed by atoms with E-state index in [-0.39, 0.29) is 13.2 Å². The summed E-state index contributed by atoms with van der Waals surface area (Å²) < 4.78 is 9.36. The largest absolute Gasteiger partial charge is 0.478 e. The number of aliphatic carboxylic acids is 1. The van der Waals surface area contributed by atoms with Crippen LogP contribution in [0.3, 0.4) is 0 Å². The topological polar surface area (TPSA) is 110 Å². The van der Waals surface area contributed by atoms with Gasteiger partial charge in [0.15, 0.2) is 6.10 Å². The maximum absolute atomic E-state index is 11.8. The average molecular weight is 287 g/mol. The molecule has 0 aliphatic heterocycles. The van der Waals surface area contributed by atoms with Crippen LogP contribution < -0.4 is 0 Å². The number of hydrogen-bond acceptors (Lipinski definition) is 6. The normalized spacial score (nSPS) is 11.8. The average Bonchev–Trinajstić information content (AvgIpc) is 2.35. The van der Waals surface area contributed by atoms with Gasteiger partial charge in [0.05, 0.1) is 6.61 Å². The number of carboxylic acid groups (broad SMARTS) is 1. The van der Waals surface area contributed by atoms with Gasteiger partial charge in [0.25, 0.3) is 5.91 Å². The van der Waals surface area contributed by atoms with Crippen molar-refractivity contribution in [2.24, 2.45) is 0 Å². The van der Waals surface area contributed by atoms with Crippen LogP contribution in [0, 0.1) is 0 Å². The monoisotopic (exact) mass is 287 g/mol. The van der Waals surface area contributed by atoms with E-state index >= 15 is 0 Å². The Bertz CT molecular complexity index is 416. The maximum Gasteiger partial charge on any atom is 0.331 e. The molecule has 0 heterocycles. The van der Waals surface area contributed by atoms with Gasteiger partial charge >= 0.3 is 17.9 Å².